The van der Waals surface area contributed by atoms with Crippen molar-refractivity contribution < 1.29 is 14.2 Å². The molecule has 1 aliphatic heterocycles. The Morgan fingerprint density at radius 3 is 2.78 bits per heavy atom. The van der Waals surface area contributed by atoms with Crippen LogP contribution in [0.15, 0.2) is 6.20 Å². The molecule has 6 nitrogen and oxygen atoms in total. The highest BCUT2D eigenvalue weighted by atomic mass is 16.5. The van der Waals surface area contributed by atoms with Crippen LogP contribution >= 0.6 is 0 Å². The van der Waals surface area contributed by atoms with Gasteiger partial charge in [0.2, 0.25) is 11.8 Å². The van der Waals surface area contributed by atoms with Crippen LogP contribution in [0.5, 0.6) is 11.8 Å². The predicted molar refractivity (Wildman–Crippen MR) is 65.6 cm³/mol. The van der Waals surface area contributed by atoms with Crippen LogP contribution in [0, 0.1) is 5.92 Å². The minimum absolute atomic E-state index is 0.0402. The molecule has 1 fully saturated rings. The number of ether oxygens (including phenoxy) is 3. The van der Waals surface area contributed by atoms with Gasteiger partial charge in [-0.25, -0.2) is 4.98 Å². The summed E-state index contributed by atoms with van der Waals surface area (Å²) in [7, 11) is 3.07. The average Bonchev–Trinajstić information content (AvgIpc) is 2.83. The standard InChI is InChI=1S/C12H19N3O3/c1-7-4-5-18-11(7)9(13)10-12(17-3)15-8(16-2)6-14-10/h6-7,9,11H,4-5,13H2,1-3H3. The van der Waals surface area contributed by atoms with Gasteiger partial charge in [-0.15, -0.1) is 0 Å². The molecule has 1 aliphatic rings. The van der Waals surface area contributed by atoms with Crippen LogP contribution in [0.3, 0.4) is 0 Å². The molecule has 18 heavy (non-hydrogen) atoms. The van der Waals surface area contributed by atoms with Crippen molar-refractivity contribution in [2.45, 2.75) is 25.5 Å². The van der Waals surface area contributed by atoms with Gasteiger partial charge in [0.05, 0.1) is 32.6 Å². The molecule has 2 N–H and O–H groups in total. The van der Waals surface area contributed by atoms with Crippen molar-refractivity contribution in [3.05, 3.63) is 11.9 Å². The minimum Gasteiger partial charge on any atom is -0.480 e. The van der Waals surface area contributed by atoms with Gasteiger partial charge < -0.3 is 19.9 Å². The molecule has 1 aromatic rings. The molecule has 0 spiro atoms. The van der Waals surface area contributed by atoms with Gasteiger partial charge in [-0.3, -0.25) is 0 Å². The lowest BCUT2D eigenvalue weighted by atomic mass is 9.96. The first-order valence-electron chi connectivity index (χ1n) is 5.99. The van der Waals surface area contributed by atoms with E-state index in [4.69, 9.17) is 19.9 Å². The molecular formula is C12H19N3O3. The Labute approximate surface area is 106 Å². The van der Waals surface area contributed by atoms with Crippen molar-refractivity contribution in [3.8, 4) is 11.8 Å². The molecule has 2 heterocycles. The maximum Gasteiger partial charge on any atom is 0.240 e. The van der Waals surface area contributed by atoms with Crippen LogP contribution in [0.4, 0.5) is 0 Å². The second-order valence-electron chi connectivity index (χ2n) is 4.43. The van der Waals surface area contributed by atoms with E-state index in [2.05, 4.69) is 16.9 Å². The Morgan fingerprint density at radius 1 is 1.44 bits per heavy atom. The van der Waals surface area contributed by atoms with E-state index in [1.54, 1.807) is 7.11 Å². The summed E-state index contributed by atoms with van der Waals surface area (Å²) in [5.41, 5.74) is 6.82. The van der Waals surface area contributed by atoms with Gasteiger partial charge in [0.1, 0.15) is 5.69 Å². The zero-order valence-electron chi connectivity index (χ0n) is 10.9. The summed E-state index contributed by atoms with van der Waals surface area (Å²) >= 11 is 0. The Bertz CT molecular complexity index is 414. The molecule has 0 aromatic carbocycles. The number of rotatable bonds is 4. The molecule has 0 bridgehead atoms. The predicted octanol–water partition coefficient (Wildman–Crippen LogP) is 0.919. The summed E-state index contributed by atoms with van der Waals surface area (Å²) < 4.78 is 15.9. The first-order chi connectivity index (χ1) is 8.67. The lowest BCUT2D eigenvalue weighted by Crippen LogP contribution is -2.31. The van der Waals surface area contributed by atoms with E-state index in [1.807, 2.05) is 0 Å². The fourth-order valence-electron chi connectivity index (χ4n) is 2.18. The van der Waals surface area contributed by atoms with Crippen LogP contribution in [0.2, 0.25) is 0 Å². The molecule has 2 rings (SSSR count). The van der Waals surface area contributed by atoms with Crippen LogP contribution in [-0.2, 0) is 4.74 Å². The number of nitrogens with two attached hydrogens (primary N) is 1. The van der Waals surface area contributed by atoms with Crippen LogP contribution in [0.1, 0.15) is 25.1 Å². The first-order valence-corrected chi connectivity index (χ1v) is 5.99. The summed E-state index contributed by atoms with van der Waals surface area (Å²) in [6, 6.07) is -0.337. The number of methoxy groups -OCH3 is 2. The largest absolute Gasteiger partial charge is 0.480 e. The maximum absolute atomic E-state index is 6.21. The molecule has 0 amide bonds. The monoisotopic (exact) mass is 253 g/mol. The average molecular weight is 253 g/mol. The molecule has 3 unspecified atom stereocenters. The molecule has 1 saturated heterocycles. The van der Waals surface area contributed by atoms with Gasteiger partial charge >= 0.3 is 0 Å². The van der Waals surface area contributed by atoms with Crippen LogP contribution < -0.4 is 15.2 Å². The Morgan fingerprint density at radius 2 is 2.22 bits per heavy atom. The molecule has 100 valence electrons. The lowest BCUT2D eigenvalue weighted by molar-refractivity contribution is 0.0703. The van der Waals surface area contributed by atoms with Crippen molar-refractivity contribution >= 4 is 0 Å². The van der Waals surface area contributed by atoms with E-state index < -0.39 is 0 Å². The van der Waals surface area contributed by atoms with E-state index in [9.17, 15) is 0 Å². The van der Waals surface area contributed by atoms with Gasteiger partial charge in [-0.05, 0) is 12.3 Å². The number of aromatic nitrogens is 2. The van der Waals surface area contributed by atoms with E-state index in [0.29, 0.717) is 23.4 Å². The summed E-state index contributed by atoms with van der Waals surface area (Å²) in [6.45, 7) is 2.87. The quantitative estimate of drug-likeness (QED) is 0.859. The molecule has 6 heteroatoms. The van der Waals surface area contributed by atoms with Gasteiger partial charge in [-0.1, -0.05) is 6.92 Å². The molecule has 0 aliphatic carbocycles. The smallest absolute Gasteiger partial charge is 0.240 e. The van der Waals surface area contributed by atoms with Crippen LogP contribution in [-0.4, -0.2) is 36.9 Å². The van der Waals surface area contributed by atoms with Crippen molar-refractivity contribution in [1.29, 1.82) is 0 Å². The van der Waals surface area contributed by atoms with Gasteiger partial charge in [0.25, 0.3) is 0 Å². The molecular weight excluding hydrogens is 234 g/mol. The molecule has 0 saturated carbocycles. The third-order valence-electron chi connectivity index (χ3n) is 3.26. The summed E-state index contributed by atoms with van der Waals surface area (Å²) in [6.07, 6.45) is 2.52. The fraction of sp³-hybridized carbons (Fsp3) is 0.667. The number of hydrogen-bond acceptors (Lipinski definition) is 6. The Balaban J connectivity index is 2.26. The Kier molecular flexibility index (Phi) is 3.98. The Hall–Kier alpha value is -1.40. The van der Waals surface area contributed by atoms with E-state index >= 15 is 0 Å². The number of hydrogen-bond donors (Lipinski definition) is 1. The van der Waals surface area contributed by atoms with Gasteiger partial charge in [0.15, 0.2) is 0 Å². The normalized spacial score (nSPS) is 24.9. The lowest BCUT2D eigenvalue weighted by Gasteiger charge is -2.22. The highest BCUT2D eigenvalue weighted by molar-refractivity contribution is 5.26. The second-order valence-corrected chi connectivity index (χ2v) is 4.43. The summed E-state index contributed by atoms with van der Waals surface area (Å²) in [4.78, 5) is 8.47. The fourth-order valence-corrected chi connectivity index (χ4v) is 2.18. The van der Waals surface area contributed by atoms with E-state index in [-0.39, 0.29) is 12.1 Å². The van der Waals surface area contributed by atoms with E-state index in [1.165, 1.54) is 13.3 Å². The SMILES string of the molecule is COc1cnc(C(N)C2OCCC2C)c(OC)n1. The summed E-state index contributed by atoms with van der Waals surface area (Å²) in [5.74, 6) is 1.21. The zero-order chi connectivity index (χ0) is 13.1. The first kappa shape index (κ1) is 13.0. The molecule has 1 aromatic heterocycles. The minimum atomic E-state index is -0.337. The van der Waals surface area contributed by atoms with Crippen molar-refractivity contribution in [1.82, 2.24) is 9.97 Å². The molecule has 0 radical (unpaired) electrons. The third-order valence-corrected chi connectivity index (χ3v) is 3.26. The third kappa shape index (κ3) is 2.39. The van der Waals surface area contributed by atoms with Gasteiger partial charge in [-0.2, -0.15) is 4.98 Å². The van der Waals surface area contributed by atoms with E-state index in [0.717, 1.165) is 13.0 Å². The zero-order valence-corrected chi connectivity index (χ0v) is 10.9. The van der Waals surface area contributed by atoms with Crippen molar-refractivity contribution in [3.63, 3.8) is 0 Å². The summed E-state index contributed by atoms with van der Waals surface area (Å²) in [5, 5.41) is 0. The second kappa shape index (κ2) is 5.49. The van der Waals surface area contributed by atoms with Crippen molar-refractivity contribution in [2.24, 2.45) is 11.7 Å². The highest BCUT2D eigenvalue weighted by Gasteiger charge is 2.33. The van der Waals surface area contributed by atoms with Crippen molar-refractivity contribution in [2.75, 3.05) is 20.8 Å². The highest BCUT2D eigenvalue weighted by Crippen LogP contribution is 2.32. The maximum atomic E-state index is 6.21. The van der Waals surface area contributed by atoms with Gasteiger partial charge in [0, 0.05) is 6.61 Å². The topological polar surface area (TPSA) is 79.5 Å². The molecule has 3 atom stereocenters. The number of nitrogens with zero attached hydrogens (tertiary/aromatic N) is 2. The van der Waals surface area contributed by atoms with Crippen LogP contribution in [0.25, 0.3) is 0 Å².